The van der Waals surface area contributed by atoms with Gasteiger partial charge in [-0.25, -0.2) is 19.3 Å². The zero-order valence-electron chi connectivity index (χ0n) is 24.5. The lowest BCUT2D eigenvalue weighted by Gasteiger charge is -2.33. The standard InChI is InChI=1S/C30H33F3N6O4/c1-17-26(19-14-21(30(31,32)33)27(34)35-16-19)39-25(36-17)9-7-22(37-39)18-6-8-23(24(15-18)41-5)42-20-10-12-38(13-11-20)28(40)43-29(2,3)4/h6-9,14-16,20H,10-13H2,1-5H3,(H2,34,35). The van der Waals surface area contributed by atoms with Crippen molar-refractivity contribution in [1.82, 2.24) is 24.5 Å². The third kappa shape index (κ3) is 6.45. The number of benzene rings is 1. The van der Waals surface area contributed by atoms with Gasteiger partial charge < -0.3 is 24.8 Å². The molecule has 1 saturated heterocycles. The molecule has 4 heterocycles. The number of rotatable bonds is 5. The summed E-state index contributed by atoms with van der Waals surface area (Å²) in [6.07, 6.45) is -2.54. The Balaban J connectivity index is 1.38. The van der Waals surface area contributed by atoms with Crippen LogP contribution in [0, 0.1) is 6.92 Å². The van der Waals surface area contributed by atoms with Crippen LogP contribution in [0.15, 0.2) is 42.6 Å². The first-order valence-electron chi connectivity index (χ1n) is 13.8. The topological polar surface area (TPSA) is 117 Å². The third-order valence-corrected chi connectivity index (χ3v) is 7.00. The monoisotopic (exact) mass is 598 g/mol. The summed E-state index contributed by atoms with van der Waals surface area (Å²) < 4.78 is 59.4. The number of hydrogen-bond acceptors (Lipinski definition) is 8. The van der Waals surface area contributed by atoms with Crippen molar-refractivity contribution in [2.24, 2.45) is 0 Å². The molecule has 0 bridgehead atoms. The molecule has 1 fully saturated rings. The Bertz CT molecular complexity index is 1660. The number of amides is 1. The van der Waals surface area contributed by atoms with Crippen LogP contribution in [-0.4, -0.2) is 62.5 Å². The van der Waals surface area contributed by atoms with Crippen LogP contribution in [0.5, 0.6) is 11.5 Å². The number of nitrogens with two attached hydrogens (primary N) is 1. The van der Waals surface area contributed by atoms with Gasteiger partial charge in [0.2, 0.25) is 0 Å². The molecule has 1 amide bonds. The summed E-state index contributed by atoms with van der Waals surface area (Å²) in [5, 5.41) is 4.70. The van der Waals surface area contributed by atoms with Crippen LogP contribution in [0.4, 0.5) is 23.8 Å². The Morgan fingerprint density at radius 2 is 1.74 bits per heavy atom. The summed E-state index contributed by atoms with van der Waals surface area (Å²) in [4.78, 5) is 22.3. The van der Waals surface area contributed by atoms with Crippen molar-refractivity contribution >= 4 is 17.6 Å². The zero-order valence-corrected chi connectivity index (χ0v) is 24.5. The second-order valence-corrected chi connectivity index (χ2v) is 11.3. The molecule has 0 atom stereocenters. The van der Waals surface area contributed by atoms with Gasteiger partial charge in [-0.2, -0.15) is 18.3 Å². The predicted molar refractivity (Wildman–Crippen MR) is 154 cm³/mol. The Hall–Kier alpha value is -4.55. The van der Waals surface area contributed by atoms with Crippen molar-refractivity contribution in [3.63, 3.8) is 0 Å². The van der Waals surface area contributed by atoms with Gasteiger partial charge in [-0.1, -0.05) is 0 Å². The van der Waals surface area contributed by atoms with E-state index in [1.807, 2.05) is 26.8 Å². The molecule has 1 aliphatic heterocycles. The second-order valence-electron chi connectivity index (χ2n) is 11.3. The highest BCUT2D eigenvalue weighted by molar-refractivity contribution is 5.71. The Morgan fingerprint density at radius 1 is 1.02 bits per heavy atom. The molecule has 0 unspecified atom stereocenters. The minimum absolute atomic E-state index is 0.112. The number of methoxy groups -OCH3 is 1. The van der Waals surface area contributed by atoms with E-state index < -0.39 is 23.2 Å². The molecule has 0 saturated carbocycles. The normalized spacial score (nSPS) is 14.7. The number of carbonyl (C=O) groups is 1. The average Bonchev–Trinajstić information content (AvgIpc) is 3.27. The van der Waals surface area contributed by atoms with E-state index in [2.05, 4.69) is 9.97 Å². The highest BCUT2D eigenvalue weighted by atomic mass is 19.4. The van der Waals surface area contributed by atoms with Crippen LogP contribution >= 0.6 is 0 Å². The fourth-order valence-electron chi connectivity index (χ4n) is 4.95. The van der Waals surface area contributed by atoms with Gasteiger partial charge in [0.25, 0.3) is 0 Å². The number of anilines is 1. The first-order chi connectivity index (χ1) is 20.2. The number of likely N-dealkylation sites (tertiary alicyclic amines) is 1. The number of pyridine rings is 1. The Kier molecular flexibility index (Phi) is 7.84. The number of halogens is 3. The molecular formula is C30H33F3N6O4. The maximum Gasteiger partial charge on any atom is 0.419 e. The average molecular weight is 599 g/mol. The minimum Gasteiger partial charge on any atom is -0.493 e. The van der Waals surface area contributed by atoms with Gasteiger partial charge >= 0.3 is 12.3 Å². The van der Waals surface area contributed by atoms with Crippen molar-refractivity contribution in [1.29, 1.82) is 0 Å². The number of hydrogen-bond donors (Lipinski definition) is 1. The van der Waals surface area contributed by atoms with E-state index >= 15 is 0 Å². The first kappa shape index (κ1) is 29.9. The Morgan fingerprint density at radius 3 is 2.40 bits per heavy atom. The molecule has 1 aliphatic rings. The van der Waals surface area contributed by atoms with E-state index in [1.165, 1.54) is 17.8 Å². The number of fused-ring (bicyclic) bond motifs is 1. The number of ether oxygens (including phenoxy) is 3. The van der Waals surface area contributed by atoms with E-state index in [9.17, 15) is 18.0 Å². The van der Waals surface area contributed by atoms with Crippen molar-refractivity contribution in [3.8, 4) is 34.0 Å². The van der Waals surface area contributed by atoms with Crippen LogP contribution in [0.3, 0.4) is 0 Å². The van der Waals surface area contributed by atoms with E-state index in [4.69, 9.17) is 25.0 Å². The fourth-order valence-corrected chi connectivity index (χ4v) is 4.95. The number of imidazole rings is 1. The van der Waals surface area contributed by atoms with E-state index in [0.29, 0.717) is 65.7 Å². The second kappa shape index (κ2) is 11.3. The van der Waals surface area contributed by atoms with Gasteiger partial charge in [0.15, 0.2) is 17.1 Å². The molecule has 1 aromatic carbocycles. The molecule has 43 heavy (non-hydrogen) atoms. The van der Waals surface area contributed by atoms with Gasteiger partial charge in [0.1, 0.15) is 17.5 Å². The van der Waals surface area contributed by atoms with Crippen LogP contribution in [0.2, 0.25) is 0 Å². The quantitative estimate of drug-likeness (QED) is 0.291. The smallest absolute Gasteiger partial charge is 0.419 e. The van der Waals surface area contributed by atoms with E-state index in [0.717, 1.165) is 6.07 Å². The molecule has 2 N–H and O–H groups in total. The molecule has 0 spiro atoms. The number of piperidine rings is 1. The van der Waals surface area contributed by atoms with Gasteiger partial charge in [-0.05, 0) is 64.1 Å². The molecule has 13 heteroatoms. The minimum atomic E-state index is -4.66. The lowest BCUT2D eigenvalue weighted by Crippen LogP contribution is -2.44. The van der Waals surface area contributed by atoms with Crippen molar-refractivity contribution < 1.29 is 32.2 Å². The van der Waals surface area contributed by atoms with Gasteiger partial charge in [-0.3, -0.25) is 0 Å². The number of nitrogen functional groups attached to an aromatic ring is 1. The van der Waals surface area contributed by atoms with Gasteiger partial charge in [0.05, 0.1) is 29.8 Å². The molecule has 0 radical (unpaired) electrons. The molecular weight excluding hydrogens is 565 g/mol. The van der Waals surface area contributed by atoms with Crippen molar-refractivity contribution in [2.45, 2.75) is 58.4 Å². The summed E-state index contributed by atoms with van der Waals surface area (Å²) in [7, 11) is 1.54. The van der Waals surface area contributed by atoms with Crippen LogP contribution in [0.25, 0.3) is 28.2 Å². The maximum atomic E-state index is 13.5. The summed E-state index contributed by atoms with van der Waals surface area (Å²) in [5.74, 6) is 0.447. The fraction of sp³-hybridized carbons (Fsp3) is 0.400. The molecule has 10 nitrogen and oxygen atoms in total. The SMILES string of the molecule is COc1cc(-c2ccc3nc(C)c(-c4cnc(N)c(C(F)(F)F)c4)n3n2)ccc1OC1CCN(C(=O)OC(C)(C)C)CC1. The summed E-state index contributed by atoms with van der Waals surface area (Å²) >= 11 is 0. The van der Waals surface area contributed by atoms with E-state index in [-0.39, 0.29) is 17.8 Å². The molecule has 3 aromatic heterocycles. The van der Waals surface area contributed by atoms with E-state index in [1.54, 1.807) is 36.1 Å². The molecule has 4 aromatic rings. The molecule has 228 valence electrons. The van der Waals surface area contributed by atoms with Crippen LogP contribution < -0.4 is 15.2 Å². The number of aromatic nitrogens is 4. The maximum absolute atomic E-state index is 13.5. The van der Waals surface area contributed by atoms with Crippen molar-refractivity contribution in [2.75, 3.05) is 25.9 Å². The molecule has 0 aliphatic carbocycles. The highest BCUT2D eigenvalue weighted by Gasteiger charge is 2.34. The zero-order chi connectivity index (χ0) is 31.1. The first-order valence-corrected chi connectivity index (χ1v) is 13.8. The molecule has 5 rings (SSSR count). The summed E-state index contributed by atoms with van der Waals surface area (Å²) in [5.41, 5.74) is 6.69. The number of carbonyl (C=O) groups excluding carboxylic acids is 1. The lowest BCUT2D eigenvalue weighted by atomic mass is 10.1. The third-order valence-electron chi connectivity index (χ3n) is 7.00. The number of nitrogens with zero attached hydrogens (tertiary/aromatic N) is 5. The largest absolute Gasteiger partial charge is 0.493 e. The van der Waals surface area contributed by atoms with Crippen LogP contribution in [-0.2, 0) is 10.9 Å². The lowest BCUT2D eigenvalue weighted by molar-refractivity contribution is -0.137. The Labute approximate surface area is 246 Å². The predicted octanol–water partition coefficient (Wildman–Crippen LogP) is 6.15. The highest BCUT2D eigenvalue weighted by Crippen LogP contribution is 2.37. The van der Waals surface area contributed by atoms with Crippen LogP contribution in [0.1, 0.15) is 44.9 Å². The summed E-state index contributed by atoms with van der Waals surface area (Å²) in [6, 6.07) is 9.88. The van der Waals surface area contributed by atoms with Gasteiger partial charge in [0, 0.05) is 43.3 Å². The van der Waals surface area contributed by atoms with Gasteiger partial charge in [-0.15, -0.1) is 0 Å². The number of aryl methyl sites for hydroxylation is 1. The van der Waals surface area contributed by atoms with Crippen molar-refractivity contribution in [3.05, 3.63) is 53.9 Å². The summed E-state index contributed by atoms with van der Waals surface area (Å²) in [6.45, 7) is 8.24. The number of alkyl halides is 3.